The molecule has 1 heterocycles. The van der Waals surface area contributed by atoms with Crippen LogP contribution in [0, 0.1) is 0 Å². The van der Waals surface area contributed by atoms with Crippen molar-refractivity contribution in [3.8, 4) is 0 Å². The number of nitrogens with one attached hydrogen (secondary N) is 1. The molecule has 0 fully saturated rings. The molecule has 0 aliphatic carbocycles. The predicted molar refractivity (Wildman–Crippen MR) is 106 cm³/mol. The molecule has 2 aromatic carbocycles. The van der Waals surface area contributed by atoms with Gasteiger partial charge in [0.25, 0.3) is 5.91 Å². The fourth-order valence-corrected chi connectivity index (χ4v) is 2.80. The average molecular weight is 402 g/mol. The van der Waals surface area contributed by atoms with Crippen LogP contribution in [0.25, 0.3) is 10.9 Å². The summed E-state index contributed by atoms with van der Waals surface area (Å²) in [6.07, 6.45) is -0.447. The van der Waals surface area contributed by atoms with Gasteiger partial charge in [-0.05, 0) is 56.7 Å². The van der Waals surface area contributed by atoms with Gasteiger partial charge < -0.3 is 15.2 Å². The summed E-state index contributed by atoms with van der Waals surface area (Å²) in [5.74, 6) is -0.596. The third-order valence-corrected chi connectivity index (χ3v) is 4.05. The normalized spacial score (nSPS) is 12.6. The molecule has 8 heteroatoms. The number of amides is 1. The van der Waals surface area contributed by atoms with Gasteiger partial charge in [0.1, 0.15) is 5.60 Å². The molecule has 0 saturated carbocycles. The lowest BCUT2D eigenvalue weighted by Crippen LogP contribution is -2.27. The second-order valence-corrected chi connectivity index (χ2v) is 7.69. The lowest BCUT2D eigenvalue weighted by atomic mass is 10.1. The average Bonchev–Trinajstić information content (AvgIpc) is 3.03. The molecule has 1 amide bonds. The first kappa shape index (κ1) is 19.9. The molecule has 0 aliphatic rings. The minimum absolute atomic E-state index is 0.392. The Bertz CT molecular complexity index is 1040. The summed E-state index contributed by atoms with van der Waals surface area (Å²) in [6.45, 7) is 5.32. The molecule has 146 valence electrons. The number of aliphatic hydroxyl groups is 1. The van der Waals surface area contributed by atoms with Crippen LogP contribution in [0.1, 0.15) is 32.4 Å². The van der Waals surface area contributed by atoms with Crippen LogP contribution in [0.5, 0.6) is 0 Å². The van der Waals surface area contributed by atoms with Crippen molar-refractivity contribution in [2.24, 2.45) is 0 Å². The molecule has 3 aromatic rings. The Morgan fingerprint density at radius 2 is 1.96 bits per heavy atom. The number of rotatable bonds is 3. The van der Waals surface area contributed by atoms with E-state index in [2.05, 4.69) is 10.4 Å². The van der Waals surface area contributed by atoms with Gasteiger partial charge in [-0.2, -0.15) is 9.78 Å². The molecule has 0 aliphatic heterocycles. The Morgan fingerprint density at radius 1 is 1.21 bits per heavy atom. The number of nitrogens with zero attached hydrogens (tertiary/aromatic N) is 2. The minimum atomic E-state index is -1.36. The van der Waals surface area contributed by atoms with Crippen LogP contribution < -0.4 is 5.32 Å². The Hall–Kier alpha value is -2.90. The second kappa shape index (κ2) is 7.61. The number of hydrogen-bond acceptors (Lipinski definition) is 5. The molecular weight excluding hydrogens is 382 g/mol. The number of carbonyl (C=O) groups is 2. The molecule has 1 aromatic heterocycles. The van der Waals surface area contributed by atoms with Gasteiger partial charge in [-0.25, -0.2) is 4.79 Å². The van der Waals surface area contributed by atoms with E-state index in [1.54, 1.807) is 57.2 Å². The molecule has 1 atom stereocenters. The molecule has 0 spiro atoms. The van der Waals surface area contributed by atoms with Crippen molar-refractivity contribution < 1.29 is 19.4 Å². The lowest BCUT2D eigenvalue weighted by Gasteiger charge is -2.19. The third-order valence-electron chi connectivity index (χ3n) is 3.81. The summed E-state index contributed by atoms with van der Waals surface area (Å²) >= 11 is 5.90. The third kappa shape index (κ3) is 4.49. The van der Waals surface area contributed by atoms with Gasteiger partial charge in [0.2, 0.25) is 0 Å². The monoisotopic (exact) mass is 401 g/mol. The van der Waals surface area contributed by atoms with Crippen molar-refractivity contribution in [1.82, 2.24) is 9.78 Å². The maximum Gasteiger partial charge on any atom is 0.435 e. The number of fused-ring (bicyclic) bond motifs is 1. The minimum Gasteiger partial charge on any atom is -0.442 e. The zero-order valence-electron chi connectivity index (χ0n) is 15.6. The summed E-state index contributed by atoms with van der Waals surface area (Å²) in [5, 5.41) is 18.0. The van der Waals surface area contributed by atoms with Crippen molar-refractivity contribution in [2.45, 2.75) is 32.5 Å². The largest absolute Gasteiger partial charge is 0.442 e. The van der Waals surface area contributed by atoms with Gasteiger partial charge in [-0.1, -0.05) is 23.7 Å². The first-order valence-corrected chi connectivity index (χ1v) is 8.97. The van der Waals surface area contributed by atoms with Crippen LogP contribution in [0.2, 0.25) is 5.02 Å². The standard InChI is InChI=1S/C20H20ClN3O4/c1-20(2,3)28-19(27)24-16-8-7-15(10-13(16)11-22-24)23-18(26)17(25)12-5-4-6-14(21)9-12/h4-11,17,25H,1-3H3,(H,23,26). The predicted octanol–water partition coefficient (Wildman–Crippen LogP) is 4.15. The maximum atomic E-state index is 12.3. The number of aromatic nitrogens is 2. The fraction of sp³-hybridized carbons (Fsp3) is 0.250. The molecule has 2 N–H and O–H groups in total. The Morgan fingerprint density at radius 3 is 2.64 bits per heavy atom. The summed E-state index contributed by atoms with van der Waals surface area (Å²) in [5.41, 5.74) is 0.758. The van der Waals surface area contributed by atoms with Gasteiger partial charge in [-0.15, -0.1) is 0 Å². The quantitative estimate of drug-likeness (QED) is 0.687. The fourth-order valence-electron chi connectivity index (χ4n) is 2.60. The number of carbonyl (C=O) groups excluding carboxylic acids is 2. The van der Waals surface area contributed by atoms with Crippen LogP contribution in [0.15, 0.2) is 48.7 Å². The van der Waals surface area contributed by atoms with Gasteiger partial charge in [0.05, 0.1) is 11.7 Å². The van der Waals surface area contributed by atoms with Crippen LogP contribution in [-0.4, -0.2) is 32.5 Å². The summed E-state index contributed by atoms with van der Waals surface area (Å²) in [7, 11) is 0. The van der Waals surface area contributed by atoms with E-state index in [9.17, 15) is 14.7 Å². The highest BCUT2D eigenvalue weighted by atomic mass is 35.5. The number of ether oxygens (including phenoxy) is 1. The van der Waals surface area contributed by atoms with E-state index in [4.69, 9.17) is 16.3 Å². The highest BCUT2D eigenvalue weighted by molar-refractivity contribution is 6.30. The van der Waals surface area contributed by atoms with Gasteiger partial charge in [0, 0.05) is 16.1 Å². The highest BCUT2D eigenvalue weighted by Crippen LogP contribution is 2.23. The number of hydrogen-bond donors (Lipinski definition) is 2. The van der Waals surface area contributed by atoms with E-state index in [1.165, 1.54) is 12.3 Å². The van der Waals surface area contributed by atoms with Crippen LogP contribution in [0.4, 0.5) is 10.5 Å². The van der Waals surface area contributed by atoms with Gasteiger partial charge in [0.15, 0.2) is 6.10 Å². The number of aliphatic hydroxyl groups excluding tert-OH is 1. The molecule has 0 radical (unpaired) electrons. The van der Waals surface area contributed by atoms with E-state index in [-0.39, 0.29) is 0 Å². The van der Waals surface area contributed by atoms with E-state index in [0.29, 0.717) is 27.2 Å². The first-order valence-electron chi connectivity index (χ1n) is 8.59. The van der Waals surface area contributed by atoms with Crippen molar-refractivity contribution in [2.75, 3.05) is 5.32 Å². The zero-order chi connectivity index (χ0) is 20.5. The van der Waals surface area contributed by atoms with E-state index in [1.807, 2.05) is 0 Å². The zero-order valence-corrected chi connectivity index (χ0v) is 16.4. The highest BCUT2D eigenvalue weighted by Gasteiger charge is 2.21. The molecule has 7 nitrogen and oxygen atoms in total. The summed E-state index contributed by atoms with van der Waals surface area (Å²) in [4.78, 5) is 24.6. The molecule has 1 unspecified atom stereocenters. The number of halogens is 1. The second-order valence-electron chi connectivity index (χ2n) is 7.26. The van der Waals surface area contributed by atoms with E-state index >= 15 is 0 Å². The van der Waals surface area contributed by atoms with Crippen LogP contribution >= 0.6 is 11.6 Å². The molecule has 3 rings (SSSR count). The molecule has 0 saturated heterocycles. The van der Waals surface area contributed by atoms with Crippen molar-refractivity contribution in [3.05, 3.63) is 59.2 Å². The van der Waals surface area contributed by atoms with Crippen LogP contribution in [-0.2, 0) is 9.53 Å². The van der Waals surface area contributed by atoms with Crippen molar-refractivity contribution in [3.63, 3.8) is 0 Å². The Balaban J connectivity index is 1.78. The maximum absolute atomic E-state index is 12.3. The topological polar surface area (TPSA) is 93.5 Å². The SMILES string of the molecule is CC(C)(C)OC(=O)n1ncc2cc(NC(=O)C(O)c3cccc(Cl)c3)ccc21. The van der Waals surface area contributed by atoms with Crippen molar-refractivity contribution in [1.29, 1.82) is 0 Å². The lowest BCUT2D eigenvalue weighted by molar-refractivity contribution is -0.124. The number of benzene rings is 2. The molecule has 28 heavy (non-hydrogen) atoms. The van der Waals surface area contributed by atoms with E-state index < -0.39 is 23.7 Å². The number of anilines is 1. The Kier molecular flexibility index (Phi) is 5.40. The van der Waals surface area contributed by atoms with Gasteiger partial charge in [-0.3, -0.25) is 4.79 Å². The summed E-state index contributed by atoms with van der Waals surface area (Å²) < 4.78 is 6.48. The summed E-state index contributed by atoms with van der Waals surface area (Å²) in [6, 6.07) is 11.4. The van der Waals surface area contributed by atoms with E-state index in [0.717, 1.165) is 4.68 Å². The molecular formula is C20H20ClN3O4. The Labute approximate surface area is 166 Å². The molecule has 0 bridgehead atoms. The van der Waals surface area contributed by atoms with Gasteiger partial charge >= 0.3 is 6.09 Å². The van der Waals surface area contributed by atoms with Crippen molar-refractivity contribution >= 4 is 40.2 Å². The first-order chi connectivity index (χ1) is 13.1. The smallest absolute Gasteiger partial charge is 0.435 e. The van der Waals surface area contributed by atoms with Crippen LogP contribution in [0.3, 0.4) is 0 Å².